The van der Waals surface area contributed by atoms with Gasteiger partial charge in [0.1, 0.15) is 17.3 Å². The van der Waals surface area contributed by atoms with Crippen LogP contribution in [0.15, 0.2) is 24.7 Å². The average molecular weight is 382 g/mol. The molecule has 3 fully saturated rings. The molecule has 0 aliphatic heterocycles. The lowest BCUT2D eigenvalue weighted by Crippen LogP contribution is -2.51. The number of anilines is 1. The van der Waals surface area contributed by atoms with Gasteiger partial charge < -0.3 is 15.4 Å². The molecule has 3 saturated carbocycles. The molecule has 3 N–H and O–H groups in total. The van der Waals surface area contributed by atoms with Crippen molar-refractivity contribution in [1.29, 1.82) is 0 Å². The number of nitrogens with zero attached hydrogens (tertiary/aromatic N) is 4. The molecule has 0 radical (unpaired) electrons. The van der Waals surface area contributed by atoms with Gasteiger partial charge in [-0.15, -0.1) is 5.10 Å². The van der Waals surface area contributed by atoms with Crippen LogP contribution in [0.5, 0.6) is 0 Å². The van der Waals surface area contributed by atoms with E-state index in [0.29, 0.717) is 34.2 Å². The van der Waals surface area contributed by atoms with Gasteiger partial charge in [-0.2, -0.15) is 5.10 Å². The van der Waals surface area contributed by atoms with Crippen LogP contribution in [-0.4, -0.2) is 42.3 Å². The van der Waals surface area contributed by atoms with E-state index >= 15 is 0 Å². The Morgan fingerprint density at radius 1 is 1.21 bits per heavy atom. The van der Waals surface area contributed by atoms with Crippen molar-refractivity contribution >= 4 is 22.8 Å². The van der Waals surface area contributed by atoms with Crippen LogP contribution in [0, 0.1) is 23.6 Å². The number of carbonyl (C=O) groups is 1. The molecule has 6 rings (SSSR count). The van der Waals surface area contributed by atoms with Crippen LogP contribution >= 0.6 is 0 Å². The summed E-state index contributed by atoms with van der Waals surface area (Å²) in [5.41, 5.74) is 1.13. The van der Waals surface area contributed by atoms with Crippen molar-refractivity contribution in [2.45, 2.75) is 31.7 Å². The number of hydrogen-bond acceptors (Lipinski definition) is 6. The normalized spacial score (nSPS) is 26.5. The molecule has 9 heteroatoms. The maximum Gasteiger partial charge on any atom is 0.308 e. The predicted molar refractivity (Wildman–Crippen MR) is 98.9 cm³/mol. The number of carboxylic acids is 1. The molecule has 3 aromatic heterocycles. The number of aromatic amines is 1. The summed E-state index contributed by atoms with van der Waals surface area (Å²) in [7, 11) is 0. The minimum atomic E-state index is -0.757. The fraction of sp³-hybridized carbons (Fsp3) is 0.421. The Labute approximate surface area is 159 Å². The van der Waals surface area contributed by atoms with Crippen LogP contribution in [0.1, 0.15) is 25.7 Å². The van der Waals surface area contributed by atoms with Crippen molar-refractivity contribution in [3.05, 3.63) is 30.5 Å². The van der Waals surface area contributed by atoms with Crippen LogP contribution in [0.3, 0.4) is 0 Å². The Kier molecular flexibility index (Phi) is 3.96. The Morgan fingerprint density at radius 2 is 2.00 bits per heavy atom. The van der Waals surface area contributed by atoms with E-state index in [1.54, 1.807) is 6.20 Å². The van der Waals surface area contributed by atoms with Crippen LogP contribution in [0.4, 0.5) is 10.2 Å². The largest absolute Gasteiger partial charge is 0.481 e. The first-order chi connectivity index (χ1) is 13.6. The summed E-state index contributed by atoms with van der Waals surface area (Å²) in [5, 5.41) is 21.7. The highest BCUT2D eigenvalue weighted by molar-refractivity contribution is 5.91. The van der Waals surface area contributed by atoms with Crippen molar-refractivity contribution in [3.63, 3.8) is 0 Å². The van der Waals surface area contributed by atoms with E-state index in [1.165, 1.54) is 12.3 Å². The molecule has 0 spiro atoms. The van der Waals surface area contributed by atoms with E-state index in [4.69, 9.17) is 0 Å². The maximum atomic E-state index is 13.6. The first-order valence-electron chi connectivity index (χ1n) is 9.42. The number of aromatic nitrogens is 5. The number of nitrogens with one attached hydrogen (secondary N) is 2. The summed E-state index contributed by atoms with van der Waals surface area (Å²) in [6, 6.07) is 1.20. The first-order valence-corrected chi connectivity index (χ1v) is 9.42. The summed E-state index contributed by atoms with van der Waals surface area (Å²) in [6.07, 6.45) is 8.32. The number of carboxylic acid groups (broad SMARTS) is 1. The zero-order valence-corrected chi connectivity index (χ0v) is 15.0. The van der Waals surface area contributed by atoms with Gasteiger partial charge in [0.25, 0.3) is 0 Å². The van der Waals surface area contributed by atoms with E-state index in [2.05, 4.69) is 30.5 Å². The van der Waals surface area contributed by atoms with Gasteiger partial charge in [0, 0.05) is 23.2 Å². The van der Waals surface area contributed by atoms with E-state index in [1.807, 2.05) is 0 Å². The number of aliphatic carboxylic acids is 1. The number of halogens is 1. The molecule has 144 valence electrons. The molecule has 3 aliphatic carbocycles. The predicted octanol–water partition coefficient (Wildman–Crippen LogP) is 2.86. The molecule has 2 atom stereocenters. The molecular formula is C19H19FN6O2. The quantitative estimate of drug-likeness (QED) is 0.635. The Hall–Kier alpha value is -3.10. The van der Waals surface area contributed by atoms with Crippen LogP contribution in [0.25, 0.3) is 22.4 Å². The minimum absolute atomic E-state index is 0.170. The lowest BCUT2D eigenvalue weighted by Gasteiger charge is -2.47. The van der Waals surface area contributed by atoms with Gasteiger partial charge >= 0.3 is 5.97 Å². The molecule has 0 saturated heterocycles. The molecule has 2 bridgehead atoms. The van der Waals surface area contributed by atoms with Crippen molar-refractivity contribution in [1.82, 2.24) is 25.1 Å². The van der Waals surface area contributed by atoms with Gasteiger partial charge in [-0.3, -0.25) is 4.79 Å². The van der Waals surface area contributed by atoms with Gasteiger partial charge in [0.2, 0.25) is 0 Å². The van der Waals surface area contributed by atoms with Gasteiger partial charge in [-0.05, 0) is 43.6 Å². The topological polar surface area (TPSA) is 117 Å². The third kappa shape index (κ3) is 2.78. The summed E-state index contributed by atoms with van der Waals surface area (Å²) in [5.74, 6) is -0.292. The fourth-order valence-electron chi connectivity index (χ4n) is 4.83. The molecule has 0 aromatic carbocycles. The second-order valence-electron chi connectivity index (χ2n) is 7.63. The third-order valence-electron chi connectivity index (χ3n) is 6.12. The lowest BCUT2D eigenvalue weighted by atomic mass is 9.61. The highest BCUT2D eigenvalue weighted by Crippen LogP contribution is 2.46. The molecule has 0 amide bonds. The second kappa shape index (κ2) is 6.50. The van der Waals surface area contributed by atoms with Crippen molar-refractivity contribution in [2.24, 2.45) is 17.8 Å². The zero-order chi connectivity index (χ0) is 19.3. The fourth-order valence-corrected chi connectivity index (χ4v) is 4.83. The SMILES string of the molecule is O=C(O)[C@@H]1C2CCC(CC2)C1Nc1cnnc(-c2c[nH]c3ncc(F)cc23)n1. The smallest absolute Gasteiger partial charge is 0.308 e. The second-order valence-corrected chi connectivity index (χ2v) is 7.63. The molecule has 3 aromatic rings. The Bertz CT molecular complexity index is 1050. The summed E-state index contributed by atoms with van der Waals surface area (Å²) < 4.78 is 13.6. The number of fused-ring (bicyclic) bond motifs is 4. The highest BCUT2D eigenvalue weighted by atomic mass is 19.1. The van der Waals surface area contributed by atoms with Gasteiger partial charge in [0.05, 0.1) is 18.3 Å². The zero-order valence-electron chi connectivity index (χ0n) is 15.0. The number of rotatable bonds is 4. The molecule has 28 heavy (non-hydrogen) atoms. The summed E-state index contributed by atoms with van der Waals surface area (Å²) in [4.78, 5) is 23.3. The van der Waals surface area contributed by atoms with Crippen molar-refractivity contribution in [2.75, 3.05) is 5.32 Å². The first kappa shape index (κ1) is 17.0. The number of H-pyrrole nitrogens is 1. The van der Waals surface area contributed by atoms with Gasteiger partial charge in [-0.1, -0.05) is 0 Å². The standard InChI is InChI=1S/C19H19FN6O2/c20-11-5-12-13(7-22-17(12)21-6-11)18-25-14(8-23-26-18)24-16-10-3-1-9(2-4-10)15(16)19(27)28/h5-10,15-16H,1-4H2,(H,21,22)(H,27,28)(H,24,25,26)/t9?,10?,15-,16?/m1/s1. The van der Waals surface area contributed by atoms with E-state index in [9.17, 15) is 14.3 Å². The average Bonchev–Trinajstić information content (AvgIpc) is 3.12. The Morgan fingerprint density at radius 3 is 2.79 bits per heavy atom. The lowest BCUT2D eigenvalue weighted by molar-refractivity contribution is -0.148. The Balaban J connectivity index is 1.47. The molecular weight excluding hydrogens is 363 g/mol. The van der Waals surface area contributed by atoms with Gasteiger partial charge in [-0.25, -0.2) is 14.4 Å². The van der Waals surface area contributed by atoms with Crippen LogP contribution in [0.2, 0.25) is 0 Å². The van der Waals surface area contributed by atoms with Crippen LogP contribution in [-0.2, 0) is 4.79 Å². The summed E-state index contributed by atoms with van der Waals surface area (Å²) >= 11 is 0. The minimum Gasteiger partial charge on any atom is -0.481 e. The van der Waals surface area contributed by atoms with E-state index in [0.717, 1.165) is 31.9 Å². The van der Waals surface area contributed by atoms with Gasteiger partial charge in [0.15, 0.2) is 5.82 Å². The monoisotopic (exact) mass is 382 g/mol. The molecule has 3 heterocycles. The highest BCUT2D eigenvalue weighted by Gasteiger charge is 2.47. The third-order valence-corrected chi connectivity index (χ3v) is 6.12. The molecule has 8 nitrogen and oxygen atoms in total. The number of hydrogen-bond donors (Lipinski definition) is 3. The van der Waals surface area contributed by atoms with Crippen molar-refractivity contribution < 1.29 is 14.3 Å². The molecule has 3 aliphatic rings. The van der Waals surface area contributed by atoms with E-state index in [-0.39, 0.29) is 12.0 Å². The maximum absolute atomic E-state index is 13.6. The number of pyridine rings is 1. The molecule has 1 unspecified atom stereocenters. The van der Waals surface area contributed by atoms with Crippen LogP contribution < -0.4 is 5.32 Å². The van der Waals surface area contributed by atoms with E-state index < -0.39 is 17.7 Å². The van der Waals surface area contributed by atoms with Crippen molar-refractivity contribution in [3.8, 4) is 11.4 Å². The summed E-state index contributed by atoms with van der Waals surface area (Å²) in [6.45, 7) is 0.